The van der Waals surface area contributed by atoms with Crippen molar-refractivity contribution in [3.05, 3.63) is 65.2 Å². The number of rotatable bonds is 4. The van der Waals surface area contributed by atoms with Gasteiger partial charge in [-0.15, -0.1) is 0 Å². The summed E-state index contributed by atoms with van der Waals surface area (Å²) in [6.07, 6.45) is 0.327. The quantitative estimate of drug-likeness (QED) is 0.920. The van der Waals surface area contributed by atoms with Gasteiger partial charge in [-0.3, -0.25) is 9.59 Å². The van der Waals surface area contributed by atoms with Crippen molar-refractivity contribution < 1.29 is 14.3 Å². The van der Waals surface area contributed by atoms with Gasteiger partial charge in [-0.2, -0.15) is 0 Å². The normalized spacial score (nSPS) is 17.0. The van der Waals surface area contributed by atoms with Crippen LogP contribution in [0, 0.1) is 6.92 Å². The number of anilines is 1. The van der Waals surface area contributed by atoms with Crippen LogP contribution in [0.25, 0.3) is 0 Å². The van der Waals surface area contributed by atoms with Crippen molar-refractivity contribution in [3.63, 3.8) is 0 Å². The van der Waals surface area contributed by atoms with Crippen LogP contribution in [-0.4, -0.2) is 42.5 Å². The number of morpholine rings is 1. The number of nitrogens with zero attached hydrogens (tertiary/aromatic N) is 1. The van der Waals surface area contributed by atoms with E-state index in [9.17, 15) is 9.59 Å². The van der Waals surface area contributed by atoms with Gasteiger partial charge >= 0.3 is 0 Å². The van der Waals surface area contributed by atoms with Gasteiger partial charge < -0.3 is 15.0 Å². The lowest BCUT2D eigenvalue weighted by molar-refractivity contribution is -0.115. The summed E-state index contributed by atoms with van der Waals surface area (Å²) < 4.78 is 5.38. The maximum absolute atomic E-state index is 12.6. The molecule has 1 saturated heterocycles. The Morgan fingerprint density at radius 1 is 1.19 bits per heavy atom. The van der Waals surface area contributed by atoms with Crippen molar-refractivity contribution in [1.82, 2.24) is 4.90 Å². The molecular weight excluding hydrogens is 328 g/mol. The molecule has 1 fully saturated rings. The lowest BCUT2D eigenvalue weighted by atomic mass is 10.1. The van der Waals surface area contributed by atoms with E-state index in [2.05, 4.69) is 5.32 Å². The van der Waals surface area contributed by atoms with Gasteiger partial charge in [0.2, 0.25) is 5.91 Å². The Labute approximate surface area is 154 Å². The van der Waals surface area contributed by atoms with Gasteiger partial charge in [-0.1, -0.05) is 29.8 Å². The number of ether oxygens (including phenoxy) is 1. The van der Waals surface area contributed by atoms with E-state index >= 15 is 0 Å². The number of nitrogens with one attached hydrogen (secondary N) is 1. The van der Waals surface area contributed by atoms with E-state index in [4.69, 9.17) is 4.74 Å². The lowest BCUT2D eigenvalue weighted by Gasteiger charge is -2.33. The van der Waals surface area contributed by atoms with E-state index in [0.717, 1.165) is 11.1 Å². The Balaban J connectivity index is 1.60. The zero-order chi connectivity index (χ0) is 18.5. The first-order valence-electron chi connectivity index (χ1n) is 8.87. The molecule has 2 amide bonds. The summed E-state index contributed by atoms with van der Waals surface area (Å²) in [5.41, 5.74) is 3.43. The first kappa shape index (κ1) is 18.1. The predicted molar refractivity (Wildman–Crippen MR) is 101 cm³/mol. The average molecular weight is 352 g/mol. The van der Waals surface area contributed by atoms with Crippen LogP contribution < -0.4 is 5.32 Å². The molecule has 0 aliphatic carbocycles. The Morgan fingerprint density at radius 3 is 2.65 bits per heavy atom. The molecule has 3 rings (SSSR count). The summed E-state index contributed by atoms with van der Waals surface area (Å²) >= 11 is 0. The Hall–Kier alpha value is -2.66. The lowest BCUT2D eigenvalue weighted by Crippen LogP contribution is -2.47. The van der Waals surface area contributed by atoms with Gasteiger partial charge in [0, 0.05) is 17.8 Å². The number of amides is 2. The first-order chi connectivity index (χ1) is 12.5. The number of benzene rings is 2. The molecule has 0 bridgehead atoms. The van der Waals surface area contributed by atoms with Gasteiger partial charge in [0.25, 0.3) is 5.91 Å². The monoisotopic (exact) mass is 352 g/mol. The van der Waals surface area contributed by atoms with Crippen molar-refractivity contribution in [2.45, 2.75) is 26.3 Å². The highest BCUT2D eigenvalue weighted by Crippen LogP contribution is 2.15. The van der Waals surface area contributed by atoms with E-state index in [-0.39, 0.29) is 17.9 Å². The molecule has 2 aromatic carbocycles. The smallest absolute Gasteiger partial charge is 0.254 e. The molecule has 0 saturated carbocycles. The van der Waals surface area contributed by atoms with Crippen LogP contribution in [0.4, 0.5) is 5.69 Å². The van der Waals surface area contributed by atoms with E-state index < -0.39 is 0 Å². The van der Waals surface area contributed by atoms with Crippen molar-refractivity contribution >= 4 is 17.5 Å². The summed E-state index contributed by atoms with van der Waals surface area (Å²) in [7, 11) is 0. The van der Waals surface area contributed by atoms with E-state index in [0.29, 0.717) is 37.4 Å². The molecule has 0 radical (unpaired) electrons. The van der Waals surface area contributed by atoms with Crippen LogP contribution in [0.1, 0.15) is 28.4 Å². The molecule has 1 unspecified atom stereocenters. The standard InChI is InChI=1S/C21H24N2O3/c1-15-4-3-5-17(12-15)13-20(24)22-19-8-6-18(7-9-19)21(25)23-10-11-26-14-16(23)2/h3-9,12,16H,10-11,13-14H2,1-2H3,(H,22,24). The third kappa shape index (κ3) is 4.49. The first-order valence-corrected chi connectivity index (χ1v) is 8.87. The molecule has 1 aliphatic rings. The minimum atomic E-state index is -0.0727. The second kappa shape index (κ2) is 8.15. The topological polar surface area (TPSA) is 58.6 Å². The maximum Gasteiger partial charge on any atom is 0.254 e. The predicted octanol–water partition coefficient (Wildman–Crippen LogP) is 3.04. The van der Waals surface area contributed by atoms with E-state index in [1.165, 1.54) is 0 Å². The van der Waals surface area contributed by atoms with Crippen molar-refractivity contribution in [2.75, 3.05) is 25.1 Å². The van der Waals surface area contributed by atoms with Gasteiger partial charge in [-0.05, 0) is 43.7 Å². The van der Waals surface area contributed by atoms with Crippen LogP contribution in [0.5, 0.6) is 0 Å². The highest BCUT2D eigenvalue weighted by molar-refractivity contribution is 5.96. The van der Waals surface area contributed by atoms with Gasteiger partial charge in [0.1, 0.15) is 0 Å². The number of aryl methyl sites for hydroxylation is 1. The minimum Gasteiger partial charge on any atom is -0.377 e. The Bertz CT molecular complexity index is 786. The fraction of sp³-hybridized carbons (Fsp3) is 0.333. The largest absolute Gasteiger partial charge is 0.377 e. The fourth-order valence-electron chi connectivity index (χ4n) is 3.10. The molecule has 2 aromatic rings. The van der Waals surface area contributed by atoms with Crippen LogP contribution in [-0.2, 0) is 16.0 Å². The Kier molecular flexibility index (Phi) is 5.68. The van der Waals surface area contributed by atoms with Gasteiger partial charge in [-0.25, -0.2) is 0 Å². The number of hydrogen-bond donors (Lipinski definition) is 1. The van der Waals surface area contributed by atoms with Gasteiger partial charge in [0.15, 0.2) is 0 Å². The van der Waals surface area contributed by atoms with Crippen molar-refractivity contribution in [3.8, 4) is 0 Å². The molecule has 5 heteroatoms. The molecule has 26 heavy (non-hydrogen) atoms. The van der Waals surface area contributed by atoms with Crippen LogP contribution in [0.15, 0.2) is 48.5 Å². The van der Waals surface area contributed by atoms with Crippen LogP contribution >= 0.6 is 0 Å². The molecule has 1 atom stereocenters. The highest BCUT2D eigenvalue weighted by atomic mass is 16.5. The van der Waals surface area contributed by atoms with Crippen molar-refractivity contribution in [1.29, 1.82) is 0 Å². The number of hydrogen-bond acceptors (Lipinski definition) is 3. The third-order valence-corrected chi connectivity index (χ3v) is 4.49. The van der Waals surface area contributed by atoms with Crippen LogP contribution in [0.3, 0.4) is 0 Å². The second-order valence-corrected chi connectivity index (χ2v) is 6.71. The number of carbonyl (C=O) groups is 2. The van der Waals surface area contributed by atoms with E-state index in [1.54, 1.807) is 24.3 Å². The van der Waals surface area contributed by atoms with Crippen molar-refractivity contribution in [2.24, 2.45) is 0 Å². The van der Waals surface area contributed by atoms with Crippen LogP contribution in [0.2, 0.25) is 0 Å². The van der Waals surface area contributed by atoms with Gasteiger partial charge in [0.05, 0.1) is 25.7 Å². The molecule has 0 aromatic heterocycles. The molecule has 1 aliphatic heterocycles. The molecule has 5 nitrogen and oxygen atoms in total. The highest BCUT2D eigenvalue weighted by Gasteiger charge is 2.24. The summed E-state index contributed by atoms with van der Waals surface area (Å²) in [5.74, 6) is -0.0742. The molecule has 136 valence electrons. The molecule has 1 heterocycles. The number of carbonyl (C=O) groups excluding carboxylic acids is 2. The summed E-state index contributed by atoms with van der Waals surface area (Å²) in [6.45, 7) is 5.74. The molecular formula is C21H24N2O3. The second-order valence-electron chi connectivity index (χ2n) is 6.71. The van der Waals surface area contributed by atoms with E-state index in [1.807, 2.05) is 43.0 Å². The molecule has 0 spiro atoms. The summed E-state index contributed by atoms with van der Waals surface area (Å²) in [6, 6.07) is 15.0. The zero-order valence-corrected chi connectivity index (χ0v) is 15.2. The average Bonchev–Trinajstić information content (AvgIpc) is 2.62. The summed E-state index contributed by atoms with van der Waals surface area (Å²) in [4.78, 5) is 26.6. The summed E-state index contributed by atoms with van der Waals surface area (Å²) in [5, 5.41) is 2.88. The fourth-order valence-corrected chi connectivity index (χ4v) is 3.10. The SMILES string of the molecule is Cc1cccc(CC(=O)Nc2ccc(C(=O)N3CCOCC3C)cc2)c1. The minimum absolute atomic E-state index is 0.00145. The third-order valence-electron chi connectivity index (χ3n) is 4.49. The Morgan fingerprint density at radius 2 is 1.96 bits per heavy atom. The maximum atomic E-state index is 12.6. The molecule has 1 N–H and O–H groups in total. The zero-order valence-electron chi connectivity index (χ0n) is 15.2.